The van der Waals surface area contributed by atoms with Crippen LogP contribution in [0.25, 0.3) is 0 Å². The molecule has 2 unspecified atom stereocenters. The van der Waals surface area contributed by atoms with Crippen LogP contribution in [-0.4, -0.2) is 0 Å². The Morgan fingerprint density at radius 3 is 2.00 bits per heavy atom. The molecule has 0 rings (SSSR count). The van der Waals surface area contributed by atoms with Crippen molar-refractivity contribution in [3.63, 3.8) is 0 Å². The lowest BCUT2D eigenvalue weighted by atomic mass is 9.75. The summed E-state index contributed by atoms with van der Waals surface area (Å²) in [5.41, 5.74) is 0.552. The van der Waals surface area contributed by atoms with Gasteiger partial charge in [-0.05, 0) is 30.1 Å². The SMILES string of the molecule is CCCCCC(C)(C)CC(C)C(C)CCC. The molecule has 0 bridgehead atoms. The van der Waals surface area contributed by atoms with Gasteiger partial charge in [0.1, 0.15) is 0 Å². The summed E-state index contributed by atoms with van der Waals surface area (Å²) in [6.45, 7) is 14.4. The van der Waals surface area contributed by atoms with Crippen molar-refractivity contribution in [1.82, 2.24) is 0 Å². The van der Waals surface area contributed by atoms with E-state index in [0.29, 0.717) is 5.41 Å². The van der Waals surface area contributed by atoms with Crippen LogP contribution < -0.4 is 0 Å². The molecule has 0 fully saturated rings. The summed E-state index contributed by atoms with van der Waals surface area (Å²) in [5, 5.41) is 0. The largest absolute Gasteiger partial charge is 0.0654 e. The van der Waals surface area contributed by atoms with Crippen LogP contribution in [0.1, 0.15) is 86.5 Å². The zero-order chi connectivity index (χ0) is 12.6. The van der Waals surface area contributed by atoms with Crippen molar-refractivity contribution in [3.8, 4) is 0 Å². The number of hydrogen-bond donors (Lipinski definition) is 0. The number of hydrogen-bond acceptors (Lipinski definition) is 0. The predicted molar refractivity (Wildman–Crippen MR) is 75.8 cm³/mol. The normalized spacial score (nSPS) is 16.1. The topological polar surface area (TPSA) is 0 Å². The molecule has 0 spiro atoms. The van der Waals surface area contributed by atoms with Crippen molar-refractivity contribution >= 4 is 0 Å². The van der Waals surface area contributed by atoms with Crippen LogP contribution in [-0.2, 0) is 0 Å². The Bertz CT molecular complexity index is 157. The van der Waals surface area contributed by atoms with Crippen LogP contribution >= 0.6 is 0 Å². The average Bonchev–Trinajstić information content (AvgIpc) is 2.17. The van der Waals surface area contributed by atoms with Gasteiger partial charge in [-0.15, -0.1) is 0 Å². The predicted octanol–water partition coefficient (Wildman–Crippen LogP) is 6.06. The standard InChI is InChI=1S/C16H34/c1-7-9-10-12-16(5,6)13-15(4)14(3)11-8-2/h14-15H,7-13H2,1-6H3. The molecule has 0 radical (unpaired) electrons. The van der Waals surface area contributed by atoms with Crippen LogP contribution in [0.3, 0.4) is 0 Å². The Balaban J connectivity index is 3.93. The van der Waals surface area contributed by atoms with E-state index in [-0.39, 0.29) is 0 Å². The quantitative estimate of drug-likeness (QED) is 0.419. The van der Waals surface area contributed by atoms with Gasteiger partial charge in [-0.3, -0.25) is 0 Å². The lowest BCUT2D eigenvalue weighted by Gasteiger charge is -2.31. The first-order chi connectivity index (χ1) is 7.43. The van der Waals surface area contributed by atoms with Crippen LogP contribution in [0.5, 0.6) is 0 Å². The molecule has 0 N–H and O–H groups in total. The first kappa shape index (κ1) is 16.0. The van der Waals surface area contributed by atoms with Crippen molar-refractivity contribution in [2.24, 2.45) is 17.3 Å². The fourth-order valence-corrected chi connectivity index (χ4v) is 2.77. The Labute approximate surface area is 104 Å². The maximum atomic E-state index is 2.46. The van der Waals surface area contributed by atoms with Crippen molar-refractivity contribution in [3.05, 3.63) is 0 Å². The maximum Gasteiger partial charge on any atom is -0.0352 e. The van der Waals surface area contributed by atoms with Gasteiger partial charge >= 0.3 is 0 Å². The van der Waals surface area contributed by atoms with E-state index in [9.17, 15) is 0 Å². The summed E-state index contributed by atoms with van der Waals surface area (Å²) < 4.78 is 0. The third kappa shape index (κ3) is 7.30. The van der Waals surface area contributed by atoms with Crippen LogP contribution in [0.4, 0.5) is 0 Å². The van der Waals surface area contributed by atoms with Gasteiger partial charge in [0, 0.05) is 0 Å². The Hall–Kier alpha value is 0. The molecule has 0 heteroatoms. The molecule has 0 aromatic rings. The Morgan fingerprint density at radius 1 is 0.875 bits per heavy atom. The smallest absolute Gasteiger partial charge is 0.0352 e. The molecule has 0 saturated heterocycles. The molecule has 0 aromatic carbocycles. The summed E-state index contributed by atoms with van der Waals surface area (Å²) >= 11 is 0. The molecule has 0 nitrogen and oxygen atoms in total. The van der Waals surface area contributed by atoms with E-state index < -0.39 is 0 Å². The average molecular weight is 226 g/mol. The highest BCUT2D eigenvalue weighted by atomic mass is 14.3. The van der Waals surface area contributed by atoms with Crippen molar-refractivity contribution in [2.75, 3.05) is 0 Å². The molecule has 16 heavy (non-hydrogen) atoms. The lowest BCUT2D eigenvalue weighted by molar-refractivity contribution is 0.204. The molecule has 2 atom stereocenters. The van der Waals surface area contributed by atoms with Crippen molar-refractivity contribution < 1.29 is 0 Å². The third-order valence-electron chi connectivity index (χ3n) is 4.05. The third-order valence-corrected chi connectivity index (χ3v) is 4.05. The fourth-order valence-electron chi connectivity index (χ4n) is 2.77. The van der Waals surface area contributed by atoms with Gasteiger partial charge in [0.25, 0.3) is 0 Å². The number of rotatable bonds is 9. The van der Waals surface area contributed by atoms with Crippen LogP contribution in [0.2, 0.25) is 0 Å². The second-order valence-corrected chi connectivity index (χ2v) is 6.57. The van der Waals surface area contributed by atoms with E-state index in [1.807, 2.05) is 0 Å². The van der Waals surface area contributed by atoms with Crippen LogP contribution in [0.15, 0.2) is 0 Å². The molecular formula is C16H34. The highest BCUT2D eigenvalue weighted by molar-refractivity contribution is 4.74. The van der Waals surface area contributed by atoms with E-state index in [1.54, 1.807) is 0 Å². The summed E-state index contributed by atoms with van der Waals surface area (Å²) in [5.74, 6) is 1.78. The molecule has 0 aliphatic heterocycles. The minimum absolute atomic E-state index is 0.552. The van der Waals surface area contributed by atoms with Gasteiger partial charge in [-0.1, -0.05) is 73.6 Å². The maximum absolute atomic E-state index is 2.46. The summed E-state index contributed by atoms with van der Waals surface area (Å²) in [7, 11) is 0. The van der Waals surface area contributed by atoms with Gasteiger partial charge in [0.2, 0.25) is 0 Å². The molecule has 0 aromatic heterocycles. The molecule has 0 aliphatic rings. The van der Waals surface area contributed by atoms with Gasteiger partial charge in [0.15, 0.2) is 0 Å². The van der Waals surface area contributed by atoms with E-state index in [0.717, 1.165) is 11.8 Å². The van der Waals surface area contributed by atoms with Crippen molar-refractivity contribution in [2.45, 2.75) is 86.5 Å². The molecule has 0 saturated carbocycles. The van der Waals surface area contributed by atoms with Gasteiger partial charge in [0.05, 0.1) is 0 Å². The van der Waals surface area contributed by atoms with Gasteiger partial charge < -0.3 is 0 Å². The minimum Gasteiger partial charge on any atom is -0.0654 e. The molecule has 98 valence electrons. The molecule has 0 heterocycles. The first-order valence-electron chi connectivity index (χ1n) is 7.43. The zero-order valence-corrected chi connectivity index (χ0v) is 12.6. The van der Waals surface area contributed by atoms with E-state index in [4.69, 9.17) is 0 Å². The van der Waals surface area contributed by atoms with Gasteiger partial charge in [-0.2, -0.15) is 0 Å². The highest BCUT2D eigenvalue weighted by Gasteiger charge is 2.23. The molecule has 0 aliphatic carbocycles. The van der Waals surface area contributed by atoms with E-state index in [1.165, 1.54) is 44.9 Å². The number of unbranched alkanes of at least 4 members (excludes halogenated alkanes) is 2. The first-order valence-corrected chi connectivity index (χ1v) is 7.43. The van der Waals surface area contributed by atoms with Gasteiger partial charge in [-0.25, -0.2) is 0 Å². The minimum atomic E-state index is 0.552. The summed E-state index contributed by atoms with van der Waals surface area (Å²) in [6.07, 6.45) is 9.70. The lowest BCUT2D eigenvalue weighted by Crippen LogP contribution is -2.19. The van der Waals surface area contributed by atoms with E-state index >= 15 is 0 Å². The summed E-state index contributed by atoms with van der Waals surface area (Å²) in [4.78, 5) is 0. The van der Waals surface area contributed by atoms with Crippen molar-refractivity contribution in [1.29, 1.82) is 0 Å². The van der Waals surface area contributed by atoms with E-state index in [2.05, 4.69) is 41.5 Å². The fraction of sp³-hybridized carbons (Fsp3) is 1.00. The Morgan fingerprint density at radius 2 is 1.50 bits per heavy atom. The highest BCUT2D eigenvalue weighted by Crippen LogP contribution is 2.35. The molecule has 0 amide bonds. The Kier molecular flexibility index (Phi) is 8.14. The molecular weight excluding hydrogens is 192 g/mol. The zero-order valence-electron chi connectivity index (χ0n) is 12.6. The summed E-state index contributed by atoms with van der Waals surface area (Å²) in [6, 6.07) is 0. The second kappa shape index (κ2) is 8.14. The second-order valence-electron chi connectivity index (χ2n) is 6.57. The monoisotopic (exact) mass is 226 g/mol. The van der Waals surface area contributed by atoms with Crippen LogP contribution in [0, 0.1) is 17.3 Å².